The summed E-state index contributed by atoms with van der Waals surface area (Å²) in [6.45, 7) is 2.16. The van der Waals surface area contributed by atoms with Crippen molar-refractivity contribution in [3.05, 3.63) is 0 Å². The summed E-state index contributed by atoms with van der Waals surface area (Å²) >= 11 is 0. The smallest absolute Gasteiger partial charge is 0.139 e. The third-order valence-corrected chi connectivity index (χ3v) is 7.65. The summed E-state index contributed by atoms with van der Waals surface area (Å²) in [5, 5.41) is 20.7. The van der Waals surface area contributed by atoms with Gasteiger partial charge in [0.15, 0.2) is 0 Å². The van der Waals surface area contributed by atoms with Crippen LogP contribution < -0.4 is 0 Å². The van der Waals surface area contributed by atoms with Crippen LogP contribution in [0.1, 0.15) is 58.3 Å². The number of fused-ring (bicyclic) bond motifs is 5. The van der Waals surface area contributed by atoms with E-state index in [1.807, 2.05) is 0 Å². The minimum absolute atomic E-state index is 0.150. The fourth-order valence-electron chi connectivity index (χ4n) is 6.61. The van der Waals surface area contributed by atoms with Crippen molar-refractivity contribution in [2.24, 2.45) is 35.0 Å². The van der Waals surface area contributed by atoms with Crippen LogP contribution in [0.4, 0.5) is 0 Å². The summed E-state index contributed by atoms with van der Waals surface area (Å²) in [7, 11) is 0. The Morgan fingerprint density at radius 1 is 1.05 bits per heavy atom. The lowest BCUT2D eigenvalue weighted by Crippen LogP contribution is -2.54. The van der Waals surface area contributed by atoms with E-state index in [0.29, 0.717) is 35.4 Å². The van der Waals surface area contributed by atoms with Crippen LogP contribution >= 0.6 is 0 Å². The molecule has 0 spiro atoms. The number of Topliss-reactive ketones (excluding diaryl/α,β-unsaturated/α-hetero) is 1. The molecule has 8 unspecified atom stereocenters. The van der Waals surface area contributed by atoms with Gasteiger partial charge in [-0.2, -0.15) is 0 Å². The number of aliphatic hydroxyl groups is 2. The topological polar surface area (TPSA) is 57.5 Å². The summed E-state index contributed by atoms with van der Waals surface area (Å²) in [6, 6.07) is 0. The van der Waals surface area contributed by atoms with Gasteiger partial charge < -0.3 is 10.2 Å². The molecule has 21 heavy (non-hydrogen) atoms. The van der Waals surface area contributed by atoms with Crippen LogP contribution in [0.3, 0.4) is 0 Å². The normalized spacial score (nSPS) is 56.5. The van der Waals surface area contributed by atoms with Crippen molar-refractivity contribution in [1.82, 2.24) is 0 Å². The second-order valence-corrected chi connectivity index (χ2v) is 8.46. The van der Waals surface area contributed by atoms with Crippen molar-refractivity contribution in [2.45, 2.75) is 70.5 Å². The maximum absolute atomic E-state index is 12.3. The van der Waals surface area contributed by atoms with Gasteiger partial charge in [0.2, 0.25) is 0 Å². The van der Waals surface area contributed by atoms with Gasteiger partial charge in [0, 0.05) is 11.8 Å². The first-order valence-electron chi connectivity index (χ1n) is 8.90. The molecule has 0 bridgehead atoms. The van der Waals surface area contributed by atoms with E-state index in [-0.39, 0.29) is 17.6 Å². The van der Waals surface area contributed by atoms with Gasteiger partial charge in [0.1, 0.15) is 5.78 Å². The second kappa shape index (κ2) is 4.79. The maximum Gasteiger partial charge on any atom is 0.139 e. The Labute approximate surface area is 127 Å². The number of hydrogen-bond donors (Lipinski definition) is 2. The van der Waals surface area contributed by atoms with Crippen LogP contribution in [0.25, 0.3) is 0 Å². The van der Waals surface area contributed by atoms with Crippen molar-refractivity contribution in [3.63, 3.8) is 0 Å². The molecule has 4 rings (SSSR count). The molecule has 0 aromatic heterocycles. The molecule has 4 aliphatic carbocycles. The SMILES string of the molecule is CC12CCC3C4CCC(O)CC4CC(O)C3C1CCC2=O. The first-order valence-corrected chi connectivity index (χ1v) is 8.90. The molecule has 0 radical (unpaired) electrons. The number of ketones is 1. The summed E-state index contributed by atoms with van der Waals surface area (Å²) in [4.78, 5) is 12.3. The number of aliphatic hydroxyl groups excluding tert-OH is 2. The average Bonchev–Trinajstić information content (AvgIpc) is 2.74. The van der Waals surface area contributed by atoms with E-state index in [4.69, 9.17) is 0 Å². The fraction of sp³-hybridized carbons (Fsp3) is 0.944. The molecular formula is C18H28O3. The highest BCUT2D eigenvalue weighted by Crippen LogP contribution is 2.61. The van der Waals surface area contributed by atoms with Gasteiger partial charge in [-0.1, -0.05) is 6.92 Å². The Balaban J connectivity index is 1.63. The maximum atomic E-state index is 12.3. The zero-order valence-electron chi connectivity index (χ0n) is 13.0. The highest BCUT2D eigenvalue weighted by Gasteiger charge is 2.59. The van der Waals surface area contributed by atoms with Gasteiger partial charge in [-0.15, -0.1) is 0 Å². The van der Waals surface area contributed by atoms with Gasteiger partial charge >= 0.3 is 0 Å². The minimum atomic E-state index is -0.253. The summed E-state index contributed by atoms with van der Waals surface area (Å²) in [5.74, 6) is 2.97. The predicted molar refractivity (Wildman–Crippen MR) is 79.5 cm³/mol. The van der Waals surface area contributed by atoms with Gasteiger partial charge in [0.05, 0.1) is 12.2 Å². The minimum Gasteiger partial charge on any atom is -0.393 e. The molecule has 8 atom stereocenters. The third kappa shape index (κ3) is 1.96. The molecule has 0 aromatic carbocycles. The van der Waals surface area contributed by atoms with Gasteiger partial charge in [-0.05, 0) is 74.5 Å². The Morgan fingerprint density at radius 3 is 2.67 bits per heavy atom. The van der Waals surface area contributed by atoms with Crippen molar-refractivity contribution in [1.29, 1.82) is 0 Å². The van der Waals surface area contributed by atoms with E-state index in [0.717, 1.165) is 51.4 Å². The number of carbonyl (C=O) groups excluding carboxylic acids is 1. The van der Waals surface area contributed by atoms with E-state index in [1.165, 1.54) is 0 Å². The number of hydrogen-bond acceptors (Lipinski definition) is 3. The van der Waals surface area contributed by atoms with Crippen LogP contribution in [-0.2, 0) is 4.79 Å². The molecule has 4 aliphatic rings. The summed E-state index contributed by atoms with van der Waals surface area (Å²) in [6.07, 6.45) is 7.23. The Bertz CT molecular complexity index is 448. The van der Waals surface area contributed by atoms with Gasteiger partial charge in [0.25, 0.3) is 0 Å². The van der Waals surface area contributed by atoms with E-state index < -0.39 is 0 Å². The third-order valence-electron chi connectivity index (χ3n) is 7.65. The molecule has 0 amide bonds. The van der Waals surface area contributed by atoms with E-state index >= 15 is 0 Å². The molecular weight excluding hydrogens is 264 g/mol. The first kappa shape index (κ1) is 14.2. The molecule has 118 valence electrons. The van der Waals surface area contributed by atoms with E-state index in [2.05, 4.69) is 6.92 Å². The molecule has 4 fully saturated rings. The zero-order chi connectivity index (χ0) is 14.8. The number of rotatable bonds is 0. The van der Waals surface area contributed by atoms with Crippen molar-refractivity contribution in [3.8, 4) is 0 Å². The van der Waals surface area contributed by atoms with Crippen LogP contribution in [0.2, 0.25) is 0 Å². The molecule has 3 nitrogen and oxygen atoms in total. The summed E-state index contributed by atoms with van der Waals surface area (Å²) < 4.78 is 0. The highest BCUT2D eigenvalue weighted by molar-refractivity contribution is 5.87. The van der Waals surface area contributed by atoms with Crippen LogP contribution in [-0.4, -0.2) is 28.2 Å². The molecule has 0 aliphatic heterocycles. The summed E-state index contributed by atoms with van der Waals surface area (Å²) in [5.41, 5.74) is -0.150. The monoisotopic (exact) mass is 292 g/mol. The van der Waals surface area contributed by atoms with Crippen molar-refractivity contribution < 1.29 is 15.0 Å². The lowest BCUT2D eigenvalue weighted by Gasteiger charge is -2.56. The Morgan fingerprint density at radius 2 is 1.86 bits per heavy atom. The molecule has 4 saturated carbocycles. The predicted octanol–water partition coefficient (Wildman–Crippen LogP) is 2.54. The standard InChI is InChI=1S/C18H28O3/c1-18-7-6-13-12-3-2-11(19)8-10(12)9-15(20)17(13)14(18)4-5-16(18)21/h10-15,17,19-20H,2-9H2,1H3. The highest BCUT2D eigenvalue weighted by atomic mass is 16.3. The van der Waals surface area contributed by atoms with Crippen LogP contribution in [0.5, 0.6) is 0 Å². The lowest BCUT2D eigenvalue weighted by molar-refractivity contribution is -0.145. The molecule has 2 N–H and O–H groups in total. The van der Waals surface area contributed by atoms with E-state index in [9.17, 15) is 15.0 Å². The Hall–Kier alpha value is -0.410. The zero-order valence-corrected chi connectivity index (χ0v) is 13.0. The van der Waals surface area contributed by atoms with Crippen molar-refractivity contribution in [2.75, 3.05) is 0 Å². The number of carbonyl (C=O) groups is 1. The molecule has 3 heteroatoms. The quantitative estimate of drug-likeness (QED) is 0.721. The van der Waals surface area contributed by atoms with Gasteiger partial charge in [-0.3, -0.25) is 4.79 Å². The molecule has 0 aromatic rings. The average molecular weight is 292 g/mol. The molecule has 0 saturated heterocycles. The first-order chi connectivity index (χ1) is 10.0. The molecule has 0 heterocycles. The van der Waals surface area contributed by atoms with Crippen LogP contribution in [0, 0.1) is 35.0 Å². The van der Waals surface area contributed by atoms with Crippen LogP contribution in [0.15, 0.2) is 0 Å². The second-order valence-electron chi connectivity index (χ2n) is 8.46. The van der Waals surface area contributed by atoms with Crippen molar-refractivity contribution >= 4 is 5.78 Å². The van der Waals surface area contributed by atoms with E-state index in [1.54, 1.807) is 0 Å². The Kier molecular flexibility index (Phi) is 3.24. The lowest BCUT2D eigenvalue weighted by atomic mass is 9.49. The fourth-order valence-corrected chi connectivity index (χ4v) is 6.61. The largest absolute Gasteiger partial charge is 0.393 e. The van der Waals surface area contributed by atoms with Gasteiger partial charge in [-0.25, -0.2) is 0 Å².